The van der Waals surface area contributed by atoms with Gasteiger partial charge in [-0.25, -0.2) is 0 Å². The second-order valence-electron chi connectivity index (χ2n) is 5.77. The summed E-state index contributed by atoms with van der Waals surface area (Å²) in [5.41, 5.74) is 1.52. The molecule has 0 atom stereocenters. The first-order valence-corrected chi connectivity index (χ1v) is 8.46. The fourth-order valence-electron chi connectivity index (χ4n) is 2.52. The Morgan fingerprint density at radius 1 is 0.857 bits per heavy atom. The number of nitrogens with one attached hydrogen (secondary N) is 2. The number of methoxy groups -OCH3 is 2. The molecule has 0 aliphatic rings. The van der Waals surface area contributed by atoms with Crippen LogP contribution in [-0.4, -0.2) is 31.0 Å². The van der Waals surface area contributed by atoms with Crippen molar-refractivity contribution in [2.24, 2.45) is 0 Å². The lowest BCUT2D eigenvalue weighted by atomic mass is 10.2. The molecule has 0 spiro atoms. The molecule has 0 unspecified atom stereocenters. The lowest BCUT2D eigenvalue weighted by molar-refractivity contribution is 0.102. The number of nitrogens with zero attached hydrogens (tertiary/aromatic N) is 1. The smallest absolute Gasteiger partial charge is 0.274 e. The molecule has 0 bridgehead atoms. The Bertz CT molecular complexity index is 990. The van der Waals surface area contributed by atoms with Crippen molar-refractivity contribution in [3.05, 3.63) is 78.1 Å². The summed E-state index contributed by atoms with van der Waals surface area (Å²) >= 11 is 0. The molecule has 7 nitrogen and oxygen atoms in total. The summed E-state index contributed by atoms with van der Waals surface area (Å²) in [6.07, 6.45) is 1.41. The van der Waals surface area contributed by atoms with Crippen LogP contribution in [0, 0.1) is 0 Å². The van der Waals surface area contributed by atoms with Crippen molar-refractivity contribution in [1.29, 1.82) is 0 Å². The van der Waals surface area contributed by atoms with Crippen molar-refractivity contribution in [3.63, 3.8) is 0 Å². The number of anilines is 2. The number of benzene rings is 2. The zero-order valence-electron chi connectivity index (χ0n) is 15.4. The molecular weight excluding hydrogens is 358 g/mol. The lowest BCUT2D eigenvalue weighted by Crippen LogP contribution is -2.17. The van der Waals surface area contributed by atoms with Crippen molar-refractivity contribution in [3.8, 4) is 11.5 Å². The zero-order chi connectivity index (χ0) is 19.9. The fraction of sp³-hybridized carbons (Fsp3) is 0.0952. The normalized spacial score (nSPS) is 10.1. The van der Waals surface area contributed by atoms with Gasteiger partial charge >= 0.3 is 0 Å². The molecule has 0 aliphatic carbocycles. The van der Waals surface area contributed by atoms with Crippen LogP contribution in [0.2, 0.25) is 0 Å². The molecule has 2 aromatic carbocycles. The van der Waals surface area contributed by atoms with Gasteiger partial charge in [-0.05, 0) is 36.4 Å². The summed E-state index contributed by atoms with van der Waals surface area (Å²) in [5.74, 6) is 0.265. The minimum Gasteiger partial charge on any atom is -0.497 e. The molecule has 1 aromatic heterocycles. The maximum Gasteiger partial charge on any atom is 0.274 e. The second kappa shape index (κ2) is 8.68. The third-order valence-corrected chi connectivity index (χ3v) is 3.94. The van der Waals surface area contributed by atoms with Gasteiger partial charge in [0.25, 0.3) is 11.8 Å². The van der Waals surface area contributed by atoms with Crippen molar-refractivity contribution < 1.29 is 19.1 Å². The highest BCUT2D eigenvalue weighted by Crippen LogP contribution is 2.29. The minimum atomic E-state index is -0.403. The number of carbonyl (C=O) groups excluding carboxylic acids is 2. The molecule has 1 heterocycles. The maximum atomic E-state index is 12.6. The summed E-state index contributed by atoms with van der Waals surface area (Å²) in [6.45, 7) is 0. The highest BCUT2D eigenvalue weighted by Gasteiger charge is 2.14. The molecule has 0 aliphatic heterocycles. The Morgan fingerprint density at radius 2 is 1.64 bits per heavy atom. The van der Waals surface area contributed by atoms with E-state index in [4.69, 9.17) is 9.47 Å². The molecule has 0 radical (unpaired) electrons. The number of hydrogen-bond acceptors (Lipinski definition) is 5. The SMILES string of the molecule is COc1ccc(OC)c(NC(=O)c2ccnc(C(=O)Nc3ccccc3)c2)c1. The van der Waals surface area contributed by atoms with Crippen LogP contribution < -0.4 is 20.1 Å². The summed E-state index contributed by atoms with van der Waals surface area (Å²) in [7, 11) is 3.05. The molecule has 142 valence electrons. The Kier molecular flexibility index (Phi) is 5.86. The van der Waals surface area contributed by atoms with E-state index < -0.39 is 11.8 Å². The van der Waals surface area contributed by atoms with Gasteiger partial charge in [0.1, 0.15) is 17.2 Å². The topological polar surface area (TPSA) is 89.6 Å². The van der Waals surface area contributed by atoms with Gasteiger partial charge in [-0.1, -0.05) is 18.2 Å². The van der Waals surface area contributed by atoms with E-state index in [0.717, 1.165) is 0 Å². The Balaban J connectivity index is 1.78. The van der Waals surface area contributed by atoms with Gasteiger partial charge < -0.3 is 20.1 Å². The number of pyridine rings is 1. The summed E-state index contributed by atoms with van der Waals surface area (Å²) in [6, 6.07) is 17.1. The van der Waals surface area contributed by atoms with Crippen molar-refractivity contribution in [2.75, 3.05) is 24.9 Å². The third kappa shape index (κ3) is 4.45. The molecule has 2 amide bonds. The summed E-state index contributed by atoms with van der Waals surface area (Å²) in [4.78, 5) is 29.1. The third-order valence-electron chi connectivity index (χ3n) is 3.94. The van der Waals surface area contributed by atoms with Gasteiger partial charge in [-0.2, -0.15) is 0 Å². The van der Waals surface area contributed by atoms with Crippen LogP contribution in [0.1, 0.15) is 20.8 Å². The number of amides is 2. The average molecular weight is 377 g/mol. The van der Waals surface area contributed by atoms with Crippen LogP contribution in [0.3, 0.4) is 0 Å². The first-order valence-electron chi connectivity index (χ1n) is 8.46. The molecule has 2 N–H and O–H groups in total. The standard InChI is InChI=1S/C21H19N3O4/c1-27-16-8-9-19(28-2)17(13-16)24-20(25)14-10-11-22-18(12-14)21(26)23-15-6-4-3-5-7-15/h3-13H,1-2H3,(H,23,26)(H,24,25). The molecule has 0 fully saturated rings. The Labute approximate surface area is 162 Å². The molecule has 7 heteroatoms. The van der Waals surface area contributed by atoms with Crippen molar-refractivity contribution in [1.82, 2.24) is 4.98 Å². The fourth-order valence-corrected chi connectivity index (χ4v) is 2.52. The second-order valence-corrected chi connectivity index (χ2v) is 5.77. The van der Waals surface area contributed by atoms with E-state index in [-0.39, 0.29) is 11.3 Å². The Hall–Kier alpha value is -3.87. The molecular formula is C21H19N3O4. The van der Waals surface area contributed by atoms with Gasteiger partial charge in [0.2, 0.25) is 0 Å². The van der Waals surface area contributed by atoms with E-state index >= 15 is 0 Å². The largest absolute Gasteiger partial charge is 0.497 e. The van der Waals surface area contributed by atoms with Crippen LogP contribution in [0.5, 0.6) is 11.5 Å². The van der Waals surface area contributed by atoms with E-state index in [2.05, 4.69) is 15.6 Å². The van der Waals surface area contributed by atoms with Crippen molar-refractivity contribution in [2.45, 2.75) is 0 Å². The van der Waals surface area contributed by atoms with Crippen LogP contribution in [0.25, 0.3) is 0 Å². The quantitative estimate of drug-likeness (QED) is 0.685. The van der Waals surface area contributed by atoms with Crippen LogP contribution in [0.4, 0.5) is 11.4 Å². The lowest BCUT2D eigenvalue weighted by Gasteiger charge is -2.12. The molecule has 0 saturated heterocycles. The number of hydrogen-bond donors (Lipinski definition) is 2. The van der Waals surface area contributed by atoms with Gasteiger partial charge in [-0.15, -0.1) is 0 Å². The van der Waals surface area contributed by atoms with Gasteiger partial charge in [0, 0.05) is 23.5 Å². The number of carbonyl (C=O) groups is 2. The van der Waals surface area contributed by atoms with E-state index in [0.29, 0.717) is 22.9 Å². The Morgan fingerprint density at radius 3 is 2.36 bits per heavy atom. The van der Waals surface area contributed by atoms with Crippen molar-refractivity contribution >= 4 is 23.2 Å². The highest BCUT2D eigenvalue weighted by atomic mass is 16.5. The van der Waals surface area contributed by atoms with E-state index in [1.54, 1.807) is 30.3 Å². The number of para-hydroxylation sites is 1. The predicted molar refractivity (Wildman–Crippen MR) is 106 cm³/mol. The molecule has 3 aromatic rings. The van der Waals surface area contributed by atoms with Gasteiger partial charge in [-0.3, -0.25) is 14.6 Å². The number of ether oxygens (including phenoxy) is 2. The van der Waals surface area contributed by atoms with Crippen LogP contribution >= 0.6 is 0 Å². The maximum absolute atomic E-state index is 12.6. The molecule has 3 rings (SSSR count). The van der Waals surface area contributed by atoms with Crippen LogP contribution in [-0.2, 0) is 0 Å². The van der Waals surface area contributed by atoms with E-state index in [1.165, 1.54) is 32.5 Å². The summed E-state index contributed by atoms with van der Waals surface area (Å²) < 4.78 is 10.4. The highest BCUT2D eigenvalue weighted by molar-refractivity contribution is 6.08. The monoisotopic (exact) mass is 377 g/mol. The summed E-state index contributed by atoms with van der Waals surface area (Å²) in [5, 5.41) is 5.50. The average Bonchev–Trinajstić information content (AvgIpc) is 2.74. The first kappa shape index (κ1) is 18.9. The number of rotatable bonds is 6. The van der Waals surface area contributed by atoms with Crippen LogP contribution in [0.15, 0.2) is 66.9 Å². The van der Waals surface area contributed by atoms with E-state index in [9.17, 15) is 9.59 Å². The minimum absolute atomic E-state index is 0.133. The first-order chi connectivity index (χ1) is 13.6. The zero-order valence-corrected chi connectivity index (χ0v) is 15.4. The number of aromatic nitrogens is 1. The molecule has 0 saturated carbocycles. The van der Waals surface area contributed by atoms with Gasteiger partial charge in [0.15, 0.2) is 0 Å². The predicted octanol–water partition coefficient (Wildman–Crippen LogP) is 3.60. The molecule has 28 heavy (non-hydrogen) atoms. The van der Waals surface area contributed by atoms with Gasteiger partial charge in [0.05, 0.1) is 19.9 Å². The van der Waals surface area contributed by atoms with E-state index in [1.807, 2.05) is 18.2 Å².